The van der Waals surface area contributed by atoms with Gasteiger partial charge in [0.25, 0.3) is 0 Å². The van der Waals surface area contributed by atoms with Crippen LogP contribution in [0.5, 0.6) is 0 Å². The molecule has 0 saturated carbocycles. The minimum absolute atomic E-state index is 0.197. The van der Waals surface area contributed by atoms with Gasteiger partial charge in [-0.2, -0.15) is 0 Å². The van der Waals surface area contributed by atoms with Gasteiger partial charge in [0.05, 0.1) is 0 Å². The van der Waals surface area contributed by atoms with E-state index >= 15 is 0 Å². The second kappa shape index (κ2) is 23.5. The maximum absolute atomic E-state index is 14.0. The van der Waals surface area contributed by atoms with E-state index < -0.39 is 67.0 Å². The molecule has 0 aromatic heterocycles. The normalized spacial score (nSPS) is 27.5. The van der Waals surface area contributed by atoms with Crippen molar-refractivity contribution < 1.29 is 39.7 Å². The Labute approximate surface area is 324 Å². The Morgan fingerprint density at radius 1 is 0.510 bits per heavy atom. The van der Waals surface area contributed by atoms with Crippen LogP contribution in [0.4, 0.5) is 0 Å². The van der Waals surface area contributed by atoms with Crippen molar-refractivity contribution in [1.82, 2.24) is 9.80 Å². The van der Waals surface area contributed by atoms with Gasteiger partial charge < -0.3 is 0 Å². The SMILES string of the molecule is CCC[CH2][Sn]([CH2]CCC)([O]C(=O)C[CH2][Ge]12[O]CCN(CC[O]1)CC[O]2)[O][Sn]([CH2]CCC)([CH2]CCC)[O]C(=O)C[CH2][Ge]12[O]CCN(CC[O]1)CC[O]2. The van der Waals surface area contributed by atoms with E-state index in [1.54, 1.807) is 0 Å². The molecule has 0 radical (unpaired) electrons. The van der Waals surface area contributed by atoms with Crippen LogP contribution in [0.1, 0.15) is 91.9 Å². The van der Waals surface area contributed by atoms with Crippen LogP contribution in [0.3, 0.4) is 0 Å². The van der Waals surface area contributed by atoms with Gasteiger partial charge in [0, 0.05) is 0 Å². The monoisotopic (exact) mass is 1070 g/mol. The Morgan fingerprint density at radius 3 is 1.04 bits per heavy atom. The molecule has 6 saturated heterocycles. The fourth-order valence-corrected chi connectivity index (χ4v) is 58.7. The maximum atomic E-state index is 14.0. The van der Waals surface area contributed by atoms with Gasteiger partial charge in [-0.1, -0.05) is 0 Å². The van der Waals surface area contributed by atoms with Crippen molar-refractivity contribution in [2.24, 2.45) is 0 Å². The molecule has 13 nitrogen and oxygen atoms in total. The molecule has 4 bridgehead atoms. The third kappa shape index (κ3) is 14.9. The molecule has 51 heavy (non-hydrogen) atoms. The Balaban J connectivity index is 1.53. The van der Waals surface area contributed by atoms with E-state index in [9.17, 15) is 9.59 Å². The van der Waals surface area contributed by atoms with Gasteiger partial charge >= 0.3 is 327 Å². The Morgan fingerprint density at radius 2 is 0.784 bits per heavy atom. The van der Waals surface area contributed by atoms with E-state index in [1.807, 2.05) is 0 Å². The summed E-state index contributed by atoms with van der Waals surface area (Å²) in [5, 5.41) is 0.906. The summed E-state index contributed by atoms with van der Waals surface area (Å²) >= 11 is -15.5. The van der Waals surface area contributed by atoms with Crippen LogP contribution < -0.4 is 0 Å². The summed E-state index contributed by atoms with van der Waals surface area (Å²) in [5.74, 6) is -0.467. The molecular weight excluding hydrogens is 995 g/mol. The Bertz CT molecular complexity index is 905. The number of rotatable bonds is 22. The molecule has 6 heterocycles. The van der Waals surface area contributed by atoms with Crippen LogP contribution in [0.2, 0.25) is 28.3 Å². The van der Waals surface area contributed by atoms with Crippen LogP contribution in [0, 0.1) is 0 Å². The summed E-state index contributed by atoms with van der Waals surface area (Å²) in [7, 11) is 0. The van der Waals surface area contributed by atoms with Crippen molar-refractivity contribution in [2.75, 3.05) is 78.9 Å². The van der Waals surface area contributed by atoms with Gasteiger partial charge in [-0.15, -0.1) is 0 Å². The topological polar surface area (TPSA) is 124 Å². The van der Waals surface area contributed by atoms with Crippen LogP contribution >= 0.6 is 0 Å². The van der Waals surface area contributed by atoms with Gasteiger partial charge in [0.1, 0.15) is 0 Å². The van der Waals surface area contributed by atoms with Crippen molar-refractivity contribution in [3.63, 3.8) is 0 Å². The molecular formula is C34H68Ge2N2O11Sn2. The van der Waals surface area contributed by atoms with Crippen LogP contribution in [-0.2, 0) is 39.7 Å². The zero-order valence-electron chi connectivity index (χ0n) is 32.2. The predicted octanol–water partition coefficient (Wildman–Crippen LogP) is 5.59. The van der Waals surface area contributed by atoms with Crippen molar-refractivity contribution in [1.29, 1.82) is 0 Å². The molecule has 6 fully saturated rings. The van der Waals surface area contributed by atoms with Crippen molar-refractivity contribution in [3.8, 4) is 0 Å². The standard InChI is InChI=1S/2C9H17GeNO5.4C4H9.O.2Sn/c2*12-9(13)1-2-10-14-6-3-11(4-7-15-10)5-8-16-10;4*1-3-4-2;;;/h2*1-8H2,(H,12,13);4*1,3-4H2,2H3;;;/q;;;;;;;2*+1/p-2. The minimum atomic E-state index is -4.16. The van der Waals surface area contributed by atoms with E-state index in [4.69, 9.17) is 30.1 Å². The van der Waals surface area contributed by atoms with Gasteiger partial charge in [0.2, 0.25) is 0 Å². The summed E-state index contributed by atoms with van der Waals surface area (Å²) in [6, 6.07) is 0. The average Bonchev–Trinajstić information content (AvgIpc) is 3.06. The Hall–Kier alpha value is 1.26. The molecule has 0 N–H and O–H groups in total. The zero-order valence-corrected chi connectivity index (χ0v) is 42.1. The molecule has 296 valence electrons. The van der Waals surface area contributed by atoms with Gasteiger partial charge in [-0.05, 0) is 0 Å². The number of hydrogen-bond donors (Lipinski definition) is 0. The summed E-state index contributed by atoms with van der Waals surface area (Å²) in [6.07, 6.45) is 8.03. The number of fused-ring (bicyclic) bond motifs is 12. The average molecular weight is 1060 g/mol. The van der Waals surface area contributed by atoms with Crippen LogP contribution in [-0.4, -0.2) is 168 Å². The molecule has 0 unspecified atom stereocenters. The molecule has 6 aliphatic heterocycles. The first-order chi connectivity index (χ1) is 24.7. The van der Waals surface area contributed by atoms with E-state index in [1.165, 1.54) is 0 Å². The van der Waals surface area contributed by atoms with Crippen LogP contribution in [0.25, 0.3) is 0 Å². The molecule has 17 heteroatoms. The third-order valence-electron chi connectivity index (χ3n) is 10.3. The fourth-order valence-electron chi connectivity index (χ4n) is 7.19. The van der Waals surface area contributed by atoms with Gasteiger partial charge in [-0.3, -0.25) is 0 Å². The molecule has 0 spiro atoms. The van der Waals surface area contributed by atoms with E-state index in [0.717, 1.165) is 108 Å². The van der Waals surface area contributed by atoms with Crippen molar-refractivity contribution in [3.05, 3.63) is 0 Å². The molecule has 0 aromatic carbocycles. The molecule has 0 atom stereocenters. The quantitative estimate of drug-likeness (QED) is 0.125. The first kappa shape index (κ1) is 45.0. The molecule has 6 rings (SSSR count). The van der Waals surface area contributed by atoms with Gasteiger partial charge in [0.15, 0.2) is 0 Å². The van der Waals surface area contributed by atoms with E-state index in [-0.39, 0.29) is 24.8 Å². The fraction of sp³-hybridized carbons (Fsp3) is 0.941. The van der Waals surface area contributed by atoms with Crippen molar-refractivity contribution >= 4 is 78.9 Å². The zero-order chi connectivity index (χ0) is 36.5. The summed E-state index contributed by atoms with van der Waals surface area (Å²) in [6.45, 7) is 17.3. The summed E-state index contributed by atoms with van der Waals surface area (Å²) in [5.41, 5.74) is 0. The van der Waals surface area contributed by atoms with E-state index in [0.29, 0.717) is 50.1 Å². The molecule has 0 aliphatic carbocycles. The summed E-state index contributed by atoms with van der Waals surface area (Å²) in [4.78, 5) is 32.6. The third-order valence-corrected chi connectivity index (χ3v) is 54.5. The van der Waals surface area contributed by atoms with E-state index in [2.05, 4.69) is 37.5 Å². The number of nitrogens with zero attached hydrogens (tertiary/aromatic N) is 2. The first-order valence-corrected chi connectivity index (χ1v) is 41.0. The van der Waals surface area contributed by atoms with Gasteiger partial charge in [-0.25, -0.2) is 0 Å². The second-order valence-electron chi connectivity index (χ2n) is 14.4. The molecule has 0 aromatic rings. The number of hydrogen-bond acceptors (Lipinski definition) is 13. The molecule has 6 aliphatic rings. The molecule has 0 amide bonds. The first-order valence-electron chi connectivity index (χ1n) is 20.1. The predicted molar refractivity (Wildman–Crippen MR) is 203 cm³/mol. The Kier molecular flexibility index (Phi) is 20.7. The number of carbonyl (C=O) groups is 2. The number of unbranched alkanes of at least 4 members (excludes halogenated alkanes) is 4. The van der Waals surface area contributed by atoms with Crippen LogP contribution in [0.15, 0.2) is 0 Å². The van der Waals surface area contributed by atoms with Crippen molar-refractivity contribution in [2.45, 2.75) is 120 Å². The summed E-state index contributed by atoms with van der Waals surface area (Å²) < 4.78 is 61.9. The second-order valence-corrected chi connectivity index (χ2v) is 47.7. The number of carbonyl (C=O) groups excluding carboxylic acids is 2.